The SMILES string of the molecule is CCOc1cc(CNC(C)CC)cc(Br)c1OCc1c(F)cccc1Cl. The molecule has 1 atom stereocenters. The summed E-state index contributed by atoms with van der Waals surface area (Å²) in [6.07, 6.45) is 1.06. The first-order chi connectivity index (χ1) is 12.5. The lowest BCUT2D eigenvalue weighted by atomic mass is 10.1. The van der Waals surface area contributed by atoms with Crippen LogP contribution in [0.2, 0.25) is 5.02 Å². The fourth-order valence-corrected chi connectivity index (χ4v) is 3.20. The van der Waals surface area contributed by atoms with Gasteiger partial charge in [-0.25, -0.2) is 4.39 Å². The van der Waals surface area contributed by atoms with Crippen molar-refractivity contribution in [2.24, 2.45) is 0 Å². The summed E-state index contributed by atoms with van der Waals surface area (Å²) < 4.78 is 26.3. The van der Waals surface area contributed by atoms with Crippen molar-refractivity contribution in [3.63, 3.8) is 0 Å². The number of hydrogen-bond acceptors (Lipinski definition) is 3. The maximum Gasteiger partial charge on any atom is 0.175 e. The highest BCUT2D eigenvalue weighted by Crippen LogP contribution is 2.38. The van der Waals surface area contributed by atoms with E-state index in [1.807, 2.05) is 19.1 Å². The Hall–Kier alpha value is -1.30. The molecule has 0 aromatic heterocycles. The molecule has 0 saturated heterocycles. The van der Waals surface area contributed by atoms with Crippen LogP contribution >= 0.6 is 27.5 Å². The highest BCUT2D eigenvalue weighted by Gasteiger charge is 2.15. The van der Waals surface area contributed by atoms with Gasteiger partial charge in [-0.15, -0.1) is 0 Å². The van der Waals surface area contributed by atoms with Crippen molar-refractivity contribution < 1.29 is 13.9 Å². The molecule has 1 N–H and O–H groups in total. The number of hydrogen-bond donors (Lipinski definition) is 1. The Morgan fingerprint density at radius 2 is 2.00 bits per heavy atom. The molecular formula is C20H24BrClFNO2. The van der Waals surface area contributed by atoms with E-state index >= 15 is 0 Å². The van der Waals surface area contributed by atoms with Gasteiger partial charge in [0.05, 0.1) is 16.1 Å². The number of benzene rings is 2. The van der Waals surface area contributed by atoms with Crippen molar-refractivity contribution >= 4 is 27.5 Å². The van der Waals surface area contributed by atoms with Crippen molar-refractivity contribution in [3.8, 4) is 11.5 Å². The maximum atomic E-state index is 14.0. The van der Waals surface area contributed by atoms with Gasteiger partial charge in [0.25, 0.3) is 0 Å². The van der Waals surface area contributed by atoms with Gasteiger partial charge in [-0.05, 0) is 66.0 Å². The highest BCUT2D eigenvalue weighted by atomic mass is 79.9. The second kappa shape index (κ2) is 10.1. The third-order valence-electron chi connectivity index (χ3n) is 4.06. The van der Waals surface area contributed by atoms with Gasteiger partial charge in [0, 0.05) is 18.2 Å². The molecule has 0 radical (unpaired) electrons. The van der Waals surface area contributed by atoms with Crippen LogP contribution in [-0.2, 0) is 13.2 Å². The molecule has 0 bridgehead atoms. The lowest BCUT2D eigenvalue weighted by Gasteiger charge is -2.17. The zero-order chi connectivity index (χ0) is 19.1. The molecule has 6 heteroatoms. The van der Waals surface area contributed by atoms with Crippen molar-refractivity contribution in [1.29, 1.82) is 0 Å². The van der Waals surface area contributed by atoms with Gasteiger partial charge in [-0.3, -0.25) is 0 Å². The average Bonchev–Trinajstić information content (AvgIpc) is 2.61. The molecular weight excluding hydrogens is 421 g/mol. The first-order valence-electron chi connectivity index (χ1n) is 8.70. The Kier molecular flexibility index (Phi) is 8.19. The summed E-state index contributed by atoms with van der Waals surface area (Å²) in [7, 11) is 0. The van der Waals surface area contributed by atoms with Crippen LogP contribution in [0.5, 0.6) is 11.5 Å². The predicted molar refractivity (Wildman–Crippen MR) is 108 cm³/mol. The van der Waals surface area contributed by atoms with E-state index in [1.54, 1.807) is 12.1 Å². The van der Waals surface area contributed by atoms with Gasteiger partial charge in [0.15, 0.2) is 11.5 Å². The van der Waals surface area contributed by atoms with Crippen molar-refractivity contribution in [2.75, 3.05) is 6.61 Å². The fourth-order valence-electron chi connectivity index (χ4n) is 2.38. The number of halogens is 3. The molecule has 0 heterocycles. The Morgan fingerprint density at radius 3 is 2.65 bits per heavy atom. The lowest BCUT2D eigenvalue weighted by Crippen LogP contribution is -2.24. The van der Waals surface area contributed by atoms with Crippen LogP contribution in [0.3, 0.4) is 0 Å². The monoisotopic (exact) mass is 443 g/mol. The summed E-state index contributed by atoms with van der Waals surface area (Å²) in [5, 5.41) is 3.79. The normalized spacial score (nSPS) is 12.1. The lowest BCUT2D eigenvalue weighted by molar-refractivity contribution is 0.264. The van der Waals surface area contributed by atoms with E-state index in [4.69, 9.17) is 21.1 Å². The Bertz CT molecular complexity index is 722. The molecule has 0 spiro atoms. The number of nitrogens with one attached hydrogen (secondary N) is 1. The zero-order valence-corrected chi connectivity index (χ0v) is 17.6. The molecule has 2 rings (SSSR count). The topological polar surface area (TPSA) is 30.5 Å². The van der Waals surface area contributed by atoms with E-state index in [1.165, 1.54) is 6.07 Å². The highest BCUT2D eigenvalue weighted by molar-refractivity contribution is 9.10. The molecule has 0 aliphatic carbocycles. The second-order valence-electron chi connectivity index (χ2n) is 6.02. The van der Waals surface area contributed by atoms with E-state index in [2.05, 4.69) is 35.1 Å². The molecule has 2 aromatic carbocycles. The van der Waals surface area contributed by atoms with Crippen LogP contribution < -0.4 is 14.8 Å². The molecule has 0 fully saturated rings. The van der Waals surface area contributed by atoms with E-state index in [0.29, 0.717) is 34.7 Å². The van der Waals surface area contributed by atoms with Crippen LogP contribution in [0.15, 0.2) is 34.8 Å². The van der Waals surface area contributed by atoms with Crippen molar-refractivity contribution in [2.45, 2.75) is 46.4 Å². The zero-order valence-electron chi connectivity index (χ0n) is 15.2. The largest absolute Gasteiger partial charge is 0.490 e. The second-order valence-corrected chi connectivity index (χ2v) is 7.28. The summed E-state index contributed by atoms with van der Waals surface area (Å²) in [5.41, 5.74) is 1.41. The minimum absolute atomic E-state index is 0.0225. The fraction of sp³-hybridized carbons (Fsp3) is 0.400. The van der Waals surface area contributed by atoms with E-state index in [9.17, 15) is 4.39 Å². The van der Waals surface area contributed by atoms with E-state index in [0.717, 1.165) is 23.0 Å². The summed E-state index contributed by atoms with van der Waals surface area (Å²) >= 11 is 9.62. The Morgan fingerprint density at radius 1 is 1.23 bits per heavy atom. The van der Waals surface area contributed by atoms with Crippen LogP contribution in [-0.4, -0.2) is 12.6 Å². The van der Waals surface area contributed by atoms with Gasteiger partial charge < -0.3 is 14.8 Å². The van der Waals surface area contributed by atoms with Crippen LogP contribution in [0.25, 0.3) is 0 Å². The quantitative estimate of drug-likeness (QED) is 0.506. The molecule has 0 aliphatic heterocycles. The summed E-state index contributed by atoms with van der Waals surface area (Å²) in [6.45, 7) is 7.46. The predicted octanol–water partition coefficient (Wildman–Crippen LogP) is 6.11. The first kappa shape index (κ1) is 21.0. The van der Waals surface area contributed by atoms with Crippen molar-refractivity contribution in [1.82, 2.24) is 5.32 Å². The number of rotatable bonds is 9. The van der Waals surface area contributed by atoms with Gasteiger partial charge in [0.1, 0.15) is 12.4 Å². The molecule has 142 valence electrons. The molecule has 0 aliphatic rings. The Labute approximate surface area is 168 Å². The Balaban J connectivity index is 2.21. The smallest absolute Gasteiger partial charge is 0.175 e. The van der Waals surface area contributed by atoms with Crippen LogP contribution in [0, 0.1) is 5.82 Å². The third-order valence-corrected chi connectivity index (χ3v) is 5.00. The molecule has 0 amide bonds. The van der Waals surface area contributed by atoms with E-state index in [-0.39, 0.29) is 12.4 Å². The van der Waals surface area contributed by atoms with Crippen molar-refractivity contribution in [3.05, 3.63) is 56.8 Å². The van der Waals surface area contributed by atoms with Gasteiger partial charge in [0.2, 0.25) is 0 Å². The van der Waals surface area contributed by atoms with E-state index < -0.39 is 0 Å². The first-order valence-corrected chi connectivity index (χ1v) is 9.87. The standard InChI is InChI=1S/C20H24BrClFNO2/c1-4-13(3)24-11-14-9-16(21)20(19(10-14)25-5-2)26-12-15-17(22)7-6-8-18(15)23/h6-10,13,24H,4-5,11-12H2,1-3H3. The van der Waals surface area contributed by atoms with Gasteiger partial charge in [-0.1, -0.05) is 24.6 Å². The average molecular weight is 445 g/mol. The molecule has 0 saturated carbocycles. The maximum absolute atomic E-state index is 14.0. The van der Waals surface area contributed by atoms with Crippen LogP contribution in [0.1, 0.15) is 38.3 Å². The third kappa shape index (κ3) is 5.60. The van der Waals surface area contributed by atoms with Crippen LogP contribution in [0.4, 0.5) is 4.39 Å². The number of ether oxygens (including phenoxy) is 2. The summed E-state index contributed by atoms with van der Waals surface area (Å²) in [6, 6.07) is 8.95. The minimum Gasteiger partial charge on any atom is -0.490 e. The minimum atomic E-state index is -0.388. The molecule has 3 nitrogen and oxygen atoms in total. The molecule has 2 aromatic rings. The summed E-state index contributed by atoms with van der Waals surface area (Å²) in [5.74, 6) is 0.773. The summed E-state index contributed by atoms with van der Waals surface area (Å²) in [4.78, 5) is 0. The molecule has 26 heavy (non-hydrogen) atoms. The van der Waals surface area contributed by atoms with Gasteiger partial charge >= 0.3 is 0 Å². The van der Waals surface area contributed by atoms with Gasteiger partial charge in [-0.2, -0.15) is 0 Å². The molecule has 1 unspecified atom stereocenters.